The largest absolute Gasteiger partial charge is 0.370 e. The number of amides is 1. The van der Waals surface area contributed by atoms with E-state index in [9.17, 15) is 4.79 Å². The van der Waals surface area contributed by atoms with E-state index in [-0.39, 0.29) is 5.91 Å². The van der Waals surface area contributed by atoms with Crippen LogP contribution in [0.1, 0.15) is 43.5 Å². The smallest absolute Gasteiger partial charge is 0.259 e. The summed E-state index contributed by atoms with van der Waals surface area (Å²) < 4.78 is 0. The first-order chi connectivity index (χ1) is 14.1. The summed E-state index contributed by atoms with van der Waals surface area (Å²) in [6.45, 7) is 10.2. The SMILES string of the molecule is CC(C)CN1C(=O)c2cccc3c(N4CCCN(CCCC#N)CC4)ccc1c23. The highest BCUT2D eigenvalue weighted by molar-refractivity contribution is 6.26. The number of unbranched alkanes of at least 4 members (excludes halogenated alkanes) is 1. The molecule has 29 heavy (non-hydrogen) atoms. The van der Waals surface area contributed by atoms with Gasteiger partial charge in [0.25, 0.3) is 5.91 Å². The van der Waals surface area contributed by atoms with E-state index < -0.39 is 0 Å². The molecule has 0 bridgehead atoms. The van der Waals surface area contributed by atoms with E-state index in [1.807, 2.05) is 17.0 Å². The van der Waals surface area contributed by atoms with Gasteiger partial charge in [0.15, 0.2) is 0 Å². The van der Waals surface area contributed by atoms with Gasteiger partial charge < -0.3 is 14.7 Å². The van der Waals surface area contributed by atoms with Gasteiger partial charge in [0, 0.05) is 54.6 Å². The van der Waals surface area contributed by atoms with Crippen molar-refractivity contribution in [3.05, 3.63) is 35.9 Å². The van der Waals surface area contributed by atoms with E-state index in [1.54, 1.807) is 0 Å². The molecule has 5 heteroatoms. The lowest BCUT2D eigenvalue weighted by atomic mass is 10.0. The van der Waals surface area contributed by atoms with Gasteiger partial charge >= 0.3 is 0 Å². The molecule has 0 saturated carbocycles. The molecule has 152 valence electrons. The lowest BCUT2D eigenvalue weighted by Crippen LogP contribution is -2.31. The molecule has 4 rings (SSSR count). The van der Waals surface area contributed by atoms with Crippen molar-refractivity contribution in [2.45, 2.75) is 33.1 Å². The van der Waals surface area contributed by atoms with Gasteiger partial charge in [0.2, 0.25) is 0 Å². The number of benzene rings is 2. The number of rotatable bonds is 6. The molecule has 0 spiro atoms. The number of carbonyl (C=O) groups excluding carboxylic acids is 1. The lowest BCUT2D eigenvalue weighted by molar-refractivity contribution is 0.0990. The summed E-state index contributed by atoms with van der Waals surface area (Å²) in [4.78, 5) is 19.9. The third-order valence-electron chi connectivity index (χ3n) is 6.00. The Morgan fingerprint density at radius 3 is 2.69 bits per heavy atom. The van der Waals surface area contributed by atoms with Crippen molar-refractivity contribution >= 4 is 28.1 Å². The monoisotopic (exact) mass is 390 g/mol. The highest BCUT2D eigenvalue weighted by atomic mass is 16.2. The predicted octanol–water partition coefficient (Wildman–Crippen LogP) is 4.27. The fourth-order valence-corrected chi connectivity index (χ4v) is 4.67. The Labute approximate surface area is 173 Å². The normalized spacial score (nSPS) is 17.2. The van der Waals surface area contributed by atoms with E-state index in [0.717, 1.165) is 68.7 Å². The summed E-state index contributed by atoms with van der Waals surface area (Å²) in [5.41, 5.74) is 3.14. The molecule has 0 unspecified atom stereocenters. The number of anilines is 2. The Morgan fingerprint density at radius 1 is 1.07 bits per heavy atom. The van der Waals surface area contributed by atoms with Gasteiger partial charge in [-0.1, -0.05) is 26.0 Å². The van der Waals surface area contributed by atoms with Crippen LogP contribution >= 0.6 is 0 Å². The van der Waals surface area contributed by atoms with E-state index in [2.05, 4.69) is 47.9 Å². The minimum atomic E-state index is 0.135. The summed E-state index contributed by atoms with van der Waals surface area (Å²) in [6.07, 6.45) is 2.70. The topological polar surface area (TPSA) is 50.6 Å². The van der Waals surface area contributed by atoms with Crippen LogP contribution < -0.4 is 9.80 Å². The van der Waals surface area contributed by atoms with E-state index in [1.165, 1.54) is 11.1 Å². The minimum Gasteiger partial charge on any atom is -0.370 e. The third-order valence-corrected chi connectivity index (χ3v) is 6.00. The van der Waals surface area contributed by atoms with Crippen molar-refractivity contribution in [3.8, 4) is 6.07 Å². The Bertz CT molecular complexity index is 946. The molecule has 2 aromatic carbocycles. The second kappa shape index (κ2) is 8.42. The molecule has 0 radical (unpaired) electrons. The molecule has 0 aliphatic carbocycles. The first-order valence-electron chi connectivity index (χ1n) is 10.8. The molecule has 5 nitrogen and oxygen atoms in total. The lowest BCUT2D eigenvalue weighted by Gasteiger charge is -2.26. The molecule has 1 fully saturated rings. The maximum absolute atomic E-state index is 13.0. The van der Waals surface area contributed by atoms with Crippen molar-refractivity contribution in [1.29, 1.82) is 5.26 Å². The fourth-order valence-electron chi connectivity index (χ4n) is 4.67. The molecule has 0 N–H and O–H groups in total. The zero-order valence-electron chi connectivity index (χ0n) is 17.5. The van der Waals surface area contributed by atoms with E-state index in [4.69, 9.17) is 5.26 Å². The Balaban J connectivity index is 1.61. The van der Waals surface area contributed by atoms with Gasteiger partial charge in [-0.25, -0.2) is 0 Å². The van der Waals surface area contributed by atoms with Crippen molar-refractivity contribution < 1.29 is 4.79 Å². The van der Waals surface area contributed by atoms with Gasteiger partial charge in [-0.15, -0.1) is 0 Å². The molecule has 0 atom stereocenters. The van der Waals surface area contributed by atoms with Crippen LogP contribution in [0, 0.1) is 17.2 Å². The zero-order valence-corrected chi connectivity index (χ0v) is 17.5. The van der Waals surface area contributed by atoms with Gasteiger partial charge in [-0.05, 0) is 50.0 Å². The first-order valence-corrected chi connectivity index (χ1v) is 10.8. The average molecular weight is 391 g/mol. The quantitative estimate of drug-likeness (QED) is 0.691. The molecule has 1 saturated heterocycles. The molecule has 2 heterocycles. The third kappa shape index (κ3) is 3.82. The zero-order chi connectivity index (χ0) is 20.4. The second-order valence-corrected chi connectivity index (χ2v) is 8.59. The number of nitriles is 1. The number of hydrogen-bond donors (Lipinski definition) is 0. The van der Waals surface area contributed by atoms with Crippen LogP contribution in [0.3, 0.4) is 0 Å². The maximum Gasteiger partial charge on any atom is 0.259 e. The highest BCUT2D eigenvalue weighted by Gasteiger charge is 2.31. The van der Waals surface area contributed by atoms with Crippen molar-refractivity contribution in [3.63, 3.8) is 0 Å². The van der Waals surface area contributed by atoms with Gasteiger partial charge in [0.1, 0.15) is 0 Å². The summed E-state index contributed by atoms with van der Waals surface area (Å²) in [5, 5.41) is 11.1. The van der Waals surface area contributed by atoms with E-state index in [0.29, 0.717) is 12.3 Å². The standard InChI is InChI=1S/C24H30N4O/c1-18(2)17-28-22-10-9-21(19-7-5-8-20(23(19)22)24(28)29)27-14-6-13-26(15-16-27)12-4-3-11-25/h5,7-10,18H,3-4,6,12-17H2,1-2H3. The molecule has 0 aromatic heterocycles. The first kappa shape index (κ1) is 19.7. The number of nitrogens with zero attached hydrogens (tertiary/aromatic N) is 4. The van der Waals surface area contributed by atoms with Crippen LogP contribution in [0.15, 0.2) is 30.3 Å². The molecule has 2 aliphatic heterocycles. The molecule has 2 aliphatic rings. The fraction of sp³-hybridized carbons (Fsp3) is 0.500. The number of carbonyl (C=O) groups is 1. The van der Waals surface area contributed by atoms with E-state index >= 15 is 0 Å². The molecular weight excluding hydrogens is 360 g/mol. The Morgan fingerprint density at radius 2 is 1.90 bits per heavy atom. The summed E-state index contributed by atoms with van der Waals surface area (Å²) in [5.74, 6) is 0.566. The predicted molar refractivity (Wildman–Crippen MR) is 119 cm³/mol. The van der Waals surface area contributed by atoms with Crippen LogP contribution in [0.2, 0.25) is 0 Å². The second-order valence-electron chi connectivity index (χ2n) is 8.59. The van der Waals surface area contributed by atoms with Crippen molar-refractivity contribution in [2.24, 2.45) is 5.92 Å². The maximum atomic E-state index is 13.0. The summed E-state index contributed by atoms with van der Waals surface area (Å²) >= 11 is 0. The Hall–Kier alpha value is -2.58. The Kier molecular flexibility index (Phi) is 5.73. The molecule has 2 aromatic rings. The van der Waals surface area contributed by atoms with Crippen molar-refractivity contribution in [2.75, 3.05) is 49.1 Å². The van der Waals surface area contributed by atoms with Gasteiger partial charge in [-0.2, -0.15) is 5.26 Å². The average Bonchev–Trinajstić information content (AvgIpc) is 2.87. The van der Waals surface area contributed by atoms with Crippen LogP contribution in [0.4, 0.5) is 11.4 Å². The van der Waals surface area contributed by atoms with Gasteiger partial charge in [-0.3, -0.25) is 4.79 Å². The van der Waals surface area contributed by atoms with Crippen LogP contribution in [-0.2, 0) is 0 Å². The number of hydrogen-bond acceptors (Lipinski definition) is 4. The molecule has 1 amide bonds. The molecular formula is C24H30N4O. The summed E-state index contributed by atoms with van der Waals surface area (Å²) in [6, 6.07) is 12.8. The van der Waals surface area contributed by atoms with Crippen LogP contribution in [0.25, 0.3) is 10.8 Å². The summed E-state index contributed by atoms with van der Waals surface area (Å²) in [7, 11) is 0. The highest BCUT2D eigenvalue weighted by Crippen LogP contribution is 2.42. The van der Waals surface area contributed by atoms with Crippen LogP contribution in [0.5, 0.6) is 0 Å². The van der Waals surface area contributed by atoms with Crippen molar-refractivity contribution in [1.82, 2.24) is 4.90 Å². The van der Waals surface area contributed by atoms with Gasteiger partial charge in [0.05, 0.1) is 11.8 Å². The van der Waals surface area contributed by atoms with Crippen LogP contribution in [-0.4, -0.2) is 50.1 Å². The minimum absolute atomic E-state index is 0.135.